The first kappa shape index (κ1) is 9.14. The van der Waals surface area contributed by atoms with Crippen LogP contribution in [-0.2, 0) is 0 Å². The van der Waals surface area contributed by atoms with E-state index in [-0.39, 0.29) is 0 Å². The zero-order valence-corrected chi connectivity index (χ0v) is 9.87. The second kappa shape index (κ2) is 3.28. The monoisotopic (exact) mass is 235 g/mol. The molecule has 0 saturated heterocycles. The van der Waals surface area contributed by atoms with E-state index < -0.39 is 0 Å². The molecule has 4 aromatic rings. The van der Waals surface area contributed by atoms with Crippen LogP contribution in [0.4, 0.5) is 0 Å². The summed E-state index contributed by atoms with van der Waals surface area (Å²) in [5.74, 6) is 0. The van der Waals surface area contributed by atoms with Crippen molar-refractivity contribution >= 4 is 43.1 Å². The summed E-state index contributed by atoms with van der Waals surface area (Å²) in [6, 6.07) is 14.9. The minimum absolute atomic E-state index is 1.12. The van der Waals surface area contributed by atoms with Crippen LogP contribution < -0.4 is 0 Å². The minimum atomic E-state index is 1.12. The van der Waals surface area contributed by atoms with Crippen molar-refractivity contribution in [2.45, 2.75) is 0 Å². The summed E-state index contributed by atoms with van der Waals surface area (Å²) in [7, 11) is 0. The van der Waals surface area contributed by atoms with Gasteiger partial charge >= 0.3 is 0 Å². The van der Waals surface area contributed by atoms with E-state index >= 15 is 0 Å². The lowest BCUT2D eigenvalue weighted by molar-refractivity contribution is 1.46. The highest BCUT2D eigenvalue weighted by atomic mass is 32.1. The molecule has 4 rings (SSSR count). The average molecular weight is 235 g/mol. The summed E-state index contributed by atoms with van der Waals surface area (Å²) < 4.78 is 1.29. The number of rotatable bonds is 0. The molecule has 80 valence electrons. The largest absolute Gasteiger partial charge is 0.254 e. The molecule has 0 aliphatic rings. The first-order valence-electron chi connectivity index (χ1n) is 5.57. The van der Waals surface area contributed by atoms with Crippen LogP contribution in [0.5, 0.6) is 0 Å². The Morgan fingerprint density at radius 1 is 0.824 bits per heavy atom. The van der Waals surface area contributed by atoms with E-state index in [0.717, 1.165) is 5.52 Å². The Balaban J connectivity index is 2.34. The molecular formula is C15H9NS. The molecule has 0 radical (unpaired) electrons. The lowest BCUT2D eigenvalue weighted by Crippen LogP contribution is -1.81. The van der Waals surface area contributed by atoms with Gasteiger partial charge in [-0.3, -0.25) is 4.98 Å². The van der Waals surface area contributed by atoms with Crippen LogP contribution in [0.25, 0.3) is 31.8 Å². The Labute approximate surface area is 102 Å². The van der Waals surface area contributed by atoms with Crippen LogP contribution >= 0.6 is 11.3 Å². The van der Waals surface area contributed by atoms with Gasteiger partial charge in [0.2, 0.25) is 0 Å². The first-order valence-corrected chi connectivity index (χ1v) is 6.45. The van der Waals surface area contributed by atoms with Crippen molar-refractivity contribution in [2.75, 3.05) is 0 Å². The van der Waals surface area contributed by atoms with Crippen LogP contribution in [0.15, 0.2) is 54.0 Å². The van der Waals surface area contributed by atoms with E-state index in [1.54, 1.807) is 11.3 Å². The minimum Gasteiger partial charge on any atom is -0.254 e. The molecule has 2 aromatic heterocycles. The van der Waals surface area contributed by atoms with Crippen LogP contribution in [0.1, 0.15) is 0 Å². The van der Waals surface area contributed by atoms with Crippen LogP contribution in [-0.4, -0.2) is 4.98 Å². The van der Waals surface area contributed by atoms with E-state index in [1.165, 1.54) is 26.2 Å². The molecule has 0 bridgehead atoms. The van der Waals surface area contributed by atoms with Crippen LogP contribution in [0, 0.1) is 0 Å². The third-order valence-electron chi connectivity index (χ3n) is 3.18. The topological polar surface area (TPSA) is 12.9 Å². The van der Waals surface area contributed by atoms with Crippen molar-refractivity contribution in [3.63, 3.8) is 0 Å². The van der Waals surface area contributed by atoms with Crippen LogP contribution in [0.3, 0.4) is 0 Å². The summed E-state index contributed by atoms with van der Waals surface area (Å²) in [5, 5.41) is 7.15. The molecular weight excluding hydrogens is 226 g/mol. The van der Waals surface area contributed by atoms with Gasteiger partial charge in [-0.1, -0.05) is 36.4 Å². The Morgan fingerprint density at radius 3 is 2.76 bits per heavy atom. The number of nitrogens with zero attached hydrogens (tertiary/aromatic N) is 1. The maximum absolute atomic E-state index is 4.62. The van der Waals surface area contributed by atoms with Gasteiger partial charge in [-0.15, -0.1) is 11.3 Å². The zero-order valence-electron chi connectivity index (χ0n) is 9.05. The first-order chi connectivity index (χ1) is 8.43. The quantitative estimate of drug-likeness (QED) is 0.406. The van der Waals surface area contributed by atoms with E-state index in [0.29, 0.717) is 0 Å². The Hall–Kier alpha value is -1.93. The number of hydrogen-bond acceptors (Lipinski definition) is 2. The second-order valence-corrected chi connectivity index (χ2v) is 5.06. The average Bonchev–Trinajstić information content (AvgIpc) is 2.86. The molecule has 17 heavy (non-hydrogen) atoms. The summed E-state index contributed by atoms with van der Waals surface area (Å²) in [4.78, 5) is 4.62. The number of aromatic nitrogens is 1. The number of pyridine rings is 1. The highest BCUT2D eigenvalue weighted by molar-refractivity contribution is 7.18. The van der Waals surface area contributed by atoms with Gasteiger partial charge in [0.15, 0.2) is 0 Å². The summed E-state index contributed by atoms with van der Waals surface area (Å²) >= 11 is 1.76. The number of hydrogen-bond donors (Lipinski definition) is 0. The molecule has 0 saturated carbocycles. The normalized spacial score (nSPS) is 11.5. The van der Waals surface area contributed by atoms with Crippen molar-refractivity contribution in [1.29, 1.82) is 0 Å². The molecule has 0 aliphatic heterocycles. The van der Waals surface area contributed by atoms with Gasteiger partial charge in [-0.2, -0.15) is 0 Å². The Kier molecular flexibility index (Phi) is 1.76. The highest BCUT2D eigenvalue weighted by Crippen LogP contribution is 2.32. The summed E-state index contributed by atoms with van der Waals surface area (Å²) in [5.41, 5.74) is 1.12. The van der Waals surface area contributed by atoms with Gasteiger partial charge in [0, 0.05) is 17.0 Å². The molecule has 2 heterocycles. The lowest BCUT2D eigenvalue weighted by Gasteiger charge is -2.03. The van der Waals surface area contributed by atoms with Gasteiger partial charge in [0.05, 0.1) is 10.2 Å². The smallest absolute Gasteiger partial charge is 0.0886 e. The molecule has 2 aromatic carbocycles. The lowest BCUT2D eigenvalue weighted by atomic mass is 10.1. The SMILES string of the molecule is c1ccc2c(c1)cnc1c2ccc2ccsc21. The molecule has 0 unspecified atom stereocenters. The molecule has 1 nitrogen and oxygen atoms in total. The fraction of sp³-hybridized carbons (Fsp3) is 0. The van der Waals surface area contributed by atoms with Gasteiger partial charge < -0.3 is 0 Å². The predicted molar refractivity (Wildman–Crippen MR) is 74.6 cm³/mol. The summed E-state index contributed by atoms with van der Waals surface area (Å²) in [6.45, 7) is 0. The second-order valence-electron chi connectivity index (χ2n) is 4.15. The molecule has 0 aliphatic carbocycles. The molecule has 0 N–H and O–H groups in total. The third-order valence-corrected chi connectivity index (χ3v) is 4.12. The fourth-order valence-electron chi connectivity index (χ4n) is 2.35. The molecule has 0 fully saturated rings. The zero-order chi connectivity index (χ0) is 11.2. The van der Waals surface area contributed by atoms with Crippen molar-refractivity contribution in [3.05, 3.63) is 54.0 Å². The van der Waals surface area contributed by atoms with Gasteiger partial charge in [-0.05, 0) is 22.2 Å². The summed E-state index contributed by atoms with van der Waals surface area (Å²) in [6.07, 6.45) is 1.97. The van der Waals surface area contributed by atoms with E-state index in [9.17, 15) is 0 Å². The molecule has 0 amide bonds. The van der Waals surface area contributed by atoms with Gasteiger partial charge in [0.1, 0.15) is 0 Å². The van der Waals surface area contributed by atoms with Crippen molar-refractivity contribution < 1.29 is 0 Å². The van der Waals surface area contributed by atoms with Gasteiger partial charge in [0.25, 0.3) is 0 Å². The highest BCUT2D eigenvalue weighted by Gasteiger charge is 2.05. The third kappa shape index (κ3) is 1.22. The van der Waals surface area contributed by atoms with E-state index in [4.69, 9.17) is 0 Å². The molecule has 0 atom stereocenters. The predicted octanol–water partition coefficient (Wildman–Crippen LogP) is 4.60. The molecule has 0 spiro atoms. The van der Waals surface area contributed by atoms with E-state index in [1.807, 2.05) is 6.20 Å². The van der Waals surface area contributed by atoms with Crippen LogP contribution in [0.2, 0.25) is 0 Å². The standard InChI is InChI=1S/C15H9NS/c1-2-4-12-11(3-1)9-16-14-13(12)6-5-10-7-8-17-15(10)14/h1-9H. The maximum atomic E-state index is 4.62. The van der Waals surface area contributed by atoms with Crippen molar-refractivity contribution in [3.8, 4) is 0 Å². The van der Waals surface area contributed by atoms with E-state index in [2.05, 4.69) is 52.8 Å². The van der Waals surface area contributed by atoms with Crippen molar-refractivity contribution in [2.24, 2.45) is 0 Å². The Bertz CT molecular complexity index is 845. The number of benzene rings is 2. The fourth-order valence-corrected chi connectivity index (χ4v) is 3.25. The Morgan fingerprint density at radius 2 is 1.76 bits per heavy atom. The molecule has 2 heteroatoms. The number of fused-ring (bicyclic) bond motifs is 5. The number of thiophene rings is 1. The maximum Gasteiger partial charge on any atom is 0.0886 e. The van der Waals surface area contributed by atoms with Gasteiger partial charge in [-0.25, -0.2) is 0 Å². The van der Waals surface area contributed by atoms with Crippen molar-refractivity contribution in [1.82, 2.24) is 4.98 Å².